The zero-order valence-electron chi connectivity index (χ0n) is 8.77. The number of furan rings is 1. The molecular weight excluding hydrogens is 214 g/mol. The van der Waals surface area contributed by atoms with Crippen molar-refractivity contribution in [3.05, 3.63) is 23.7 Å². The van der Waals surface area contributed by atoms with Crippen molar-refractivity contribution < 1.29 is 24.2 Å². The second-order valence-corrected chi connectivity index (χ2v) is 3.17. The van der Waals surface area contributed by atoms with Gasteiger partial charge in [0.2, 0.25) is 0 Å². The van der Waals surface area contributed by atoms with Crippen molar-refractivity contribution in [1.29, 1.82) is 0 Å². The number of carboxylic acids is 1. The number of aliphatic hydroxyl groups excluding tert-OH is 1. The Labute approximate surface area is 91.9 Å². The Balaban J connectivity index is 2.67. The summed E-state index contributed by atoms with van der Waals surface area (Å²) < 4.78 is 5.13. The molecule has 1 heterocycles. The molecular formula is C10H13NO5. The van der Waals surface area contributed by atoms with E-state index in [1.165, 1.54) is 6.07 Å². The minimum atomic E-state index is -1.32. The SMILES string of the molecule is CCc1ccc(C(=O)N[C@@H](CO)C(=O)O)o1. The lowest BCUT2D eigenvalue weighted by atomic mass is 10.3. The number of carbonyl (C=O) groups excluding carboxylic acids is 1. The summed E-state index contributed by atoms with van der Waals surface area (Å²) in [5.41, 5.74) is 0. The van der Waals surface area contributed by atoms with Crippen LogP contribution in [-0.4, -0.2) is 34.7 Å². The fourth-order valence-electron chi connectivity index (χ4n) is 1.10. The van der Waals surface area contributed by atoms with Crippen LogP contribution in [0.4, 0.5) is 0 Å². The van der Waals surface area contributed by atoms with E-state index in [-0.39, 0.29) is 5.76 Å². The van der Waals surface area contributed by atoms with E-state index in [2.05, 4.69) is 5.32 Å². The molecule has 0 radical (unpaired) electrons. The van der Waals surface area contributed by atoms with E-state index in [0.717, 1.165) is 0 Å². The number of aliphatic hydroxyl groups is 1. The molecule has 0 fully saturated rings. The monoisotopic (exact) mass is 227 g/mol. The first-order valence-electron chi connectivity index (χ1n) is 4.81. The Morgan fingerprint density at radius 3 is 2.62 bits per heavy atom. The van der Waals surface area contributed by atoms with Gasteiger partial charge in [-0.1, -0.05) is 6.92 Å². The fraction of sp³-hybridized carbons (Fsp3) is 0.400. The number of aryl methyl sites for hydroxylation is 1. The zero-order chi connectivity index (χ0) is 12.1. The van der Waals surface area contributed by atoms with Gasteiger partial charge < -0.3 is 19.9 Å². The van der Waals surface area contributed by atoms with Crippen LogP contribution in [0, 0.1) is 0 Å². The largest absolute Gasteiger partial charge is 0.480 e. The molecule has 0 saturated carbocycles. The average molecular weight is 227 g/mol. The van der Waals surface area contributed by atoms with Gasteiger partial charge in [-0.15, -0.1) is 0 Å². The van der Waals surface area contributed by atoms with Gasteiger partial charge in [-0.25, -0.2) is 4.79 Å². The molecule has 1 aromatic rings. The van der Waals surface area contributed by atoms with Gasteiger partial charge in [0.1, 0.15) is 5.76 Å². The predicted octanol–water partition coefficient (Wildman–Crippen LogP) is 0.0173. The maximum Gasteiger partial charge on any atom is 0.328 e. The summed E-state index contributed by atoms with van der Waals surface area (Å²) in [7, 11) is 0. The molecule has 1 rings (SSSR count). The Bertz CT molecular complexity index is 384. The molecule has 0 aliphatic heterocycles. The average Bonchev–Trinajstić information content (AvgIpc) is 2.73. The standard InChI is InChI=1S/C10H13NO5/c1-2-6-3-4-8(16-6)9(13)11-7(5-12)10(14)15/h3-4,7,12H,2,5H2,1H3,(H,11,13)(H,14,15)/t7-/m0/s1. The van der Waals surface area contributed by atoms with E-state index in [1.54, 1.807) is 6.07 Å². The van der Waals surface area contributed by atoms with Crippen LogP contribution in [0.15, 0.2) is 16.5 Å². The third-order valence-electron chi connectivity index (χ3n) is 2.02. The lowest BCUT2D eigenvalue weighted by Crippen LogP contribution is -2.43. The quantitative estimate of drug-likeness (QED) is 0.658. The molecule has 0 aromatic carbocycles. The van der Waals surface area contributed by atoms with Crippen molar-refractivity contribution in [1.82, 2.24) is 5.32 Å². The van der Waals surface area contributed by atoms with Gasteiger partial charge >= 0.3 is 5.97 Å². The van der Waals surface area contributed by atoms with Crippen LogP contribution in [0.3, 0.4) is 0 Å². The van der Waals surface area contributed by atoms with Gasteiger partial charge in [-0.2, -0.15) is 0 Å². The molecule has 1 aromatic heterocycles. The number of nitrogens with one attached hydrogen (secondary N) is 1. The Kier molecular flexibility index (Phi) is 4.07. The molecule has 0 unspecified atom stereocenters. The van der Waals surface area contributed by atoms with Crippen LogP contribution in [0.25, 0.3) is 0 Å². The first kappa shape index (κ1) is 12.3. The van der Waals surface area contributed by atoms with Crippen LogP contribution >= 0.6 is 0 Å². The Morgan fingerprint density at radius 2 is 2.19 bits per heavy atom. The third kappa shape index (κ3) is 2.83. The molecule has 0 bridgehead atoms. The molecule has 0 aliphatic carbocycles. The fourth-order valence-corrected chi connectivity index (χ4v) is 1.10. The van der Waals surface area contributed by atoms with Crippen molar-refractivity contribution in [3.8, 4) is 0 Å². The summed E-state index contributed by atoms with van der Waals surface area (Å²) >= 11 is 0. The normalized spacial score (nSPS) is 12.1. The van der Waals surface area contributed by atoms with E-state index in [1.807, 2.05) is 6.92 Å². The molecule has 1 amide bonds. The van der Waals surface area contributed by atoms with E-state index in [4.69, 9.17) is 14.6 Å². The Hall–Kier alpha value is -1.82. The van der Waals surface area contributed by atoms with Gasteiger partial charge in [0.15, 0.2) is 11.8 Å². The molecule has 6 nitrogen and oxygen atoms in total. The van der Waals surface area contributed by atoms with Crippen LogP contribution in [0.5, 0.6) is 0 Å². The second kappa shape index (κ2) is 5.32. The molecule has 6 heteroatoms. The minimum absolute atomic E-state index is 0.0385. The second-order valence-electron chi connectivity index (χ2n) is 3.17. The maximum atomic E-state index is 11.5. The van der Waals surface area contributed by atoms with Crippen molar-refractivity contribution in [2.45, 2.75) is 19.4 Å². The number of hydrogen-bond donors (Lipinski definition) is 3. The van der Waals surface area contributed by atoms with Crippen LogP contribution in [0.1, 0.15) is 23.2 Å². The molecule has 88 valence electrons. The summed E-state index contributed by atoms with van der Waals surface area (Å²) in [5, 5.41) is 19.5. The highest BCUT2D eigenvalue weighted by molar-refractivity contribution is 5.94. The number of aliphatic carboxylic acids is 1. The molecule has 0 spiro atoms. The van der Waals surface area contributed by atoms with Crippen LogP contribution in [0.2, 0.25) is 0 Å². The van der Waals surface area contributed by atoms with Crippen LogP contribution < -0.4 is 5.32 Å². The van der Waals surface area contributed by atoms with Crippen molar-refractivity contribution in [2.24, 2.45) is 0 Å². The number of carboxylic acid groups (broad SMARTS) is 1. The Morgan fingerprint density at radius 1 is 1.50 bits per heavy atom. The minimum Gasteiger partial charge on any atom is -0.480 e. The highest BCUT2D eigenvalue weighted by atomic mass is 16.4. The molecule has 1 atom stereocenters. The highest BCUT2D eigenvalue weighted by Crippen LogP contribution is 2.08. The highest BCUT2D eigenvalue weighted by Gasteiger charge is 2.21. The lowest BCUT2D eigenvalue weighted by molar-refractivity contribution is -0.140. The first-order valence-corrected chi connectivity index (χ1v) is 4.81. The third-order valence-corrected chi connectivity index (χ3v) is 2.02. The summed E-state index contributed by atoms with van der Waals surface area (Å²) in [6.45, 7) is 1.21. The molecule has 3 N–H and O–H groups in total. The van der Waals surface area contributed by atoms with Crippen molar-refractivity contribution >= 4 is 11.9 Å². The smallest absolute Gasteiger partial charge is 0.328 e. The summed E-state index contributed by atoms with van der Waals surface area (Å²) in [6.07, 6.45) is 0.648. The zero-order valence-corrected chi connectivity index (χ0v) is 8.77. The summed E-state index contributed by atoms with van der Waals surface area (Å²) in [4.78, 5) is 22.0. The van der Waals surface area contributed by atoms with E-state index < -0.39 is 24.5 Å². The van der Waals surface area contributed by atoms with Gasteiger partial charge in [-0.05, 0) is 12.1 Å². The molecule has 0 aliphatic rings. The predicted molar refractivity (Wildman–Crippen MR) is 54.1 cm³/mol. The van der Waals surface area contributed by atoms with Gasteiger partial charge in [-0.3, -0.25) is 4.79 Å². The van der Waals surface area contributed by atoms with Gasteiger partial charge in [0.05, 0.1) is 6.61 Å². The number of amides is 1. The first-order chi connectivity index (χ1) is 7.58. The van der Waals surface area contributed by atoms with Crippen molar-refractivity contribution in [3.63, 3.8) is 0 Å². The summed E-state index contributed by atoms with van der Waals surface area (Å²) in [5.74, 6) is -1.27. The van der Waals surface area contributed by atoms with Crippen LogP contribution in [-0.2, 0) is 11.2 Å². The van der Waals surface area contributed by atoms with Gasteiger partial charge in [0, 0.05) is 6.42 Å². The van der Waals surface area contributed by atoms with E-state index in [9.17, 15) is 9.59 Å². The number of rotatable bonds is 5. The maximum absolute atomic E-state index is 11.5. The van der Waals surface area contributed by atoms with E-state index >= 15 is 0 Å². The molecule has 0 saturated heterocycles. The lowest BCUT2D eigenvalue weighted by Gasteiger charge is -2.09. The number of hydrogen-bond acceptors (Lipinski definition) is 4. The topological polar surface area (TPSA) is 99.8 Å². The number of carbonyl (C=O) groups is 2. The summed E-state index contributed by atoms with van der Waals surface area (Å²) in [6, 6.07) is 1.79. The van der Waals surface area contributed by atoms with Gasteiger partial charge in [0.25, 0.3) is 5.91 Å². The van der Waals surface area contributed by atoms with E-state index in [0.29, 0.717) is 12.2 Å². The molecule has 16 heavy (non-hydrogen) atoms. The van der Waals surface area contributed by atoms with Crippen molar-refractivity contribution in [2.75, 3.05) is 6.61 Å².